The van der Waals surface area contributed by atoms with E-state index in [1.165, 1.54) is 0 Å². The van der Waals surface area contributed by atoms with E-state index in [0.29, 0.717) is 0 Å². The van der Waals surface area contributed by atoms with Gasteiger partial charge in [-0.25, -0.2) is 4.98 Å². The van der Waals surface area contributed by atoms with Gasteiger partial charge in [0.1, 0.15) is 0 Å². The van der Waals surface area contributed by atoms with Gasteiger partial charge in [0.25, 0.3) is 0 Å². The van der Waals surface area contributed by atoms with Crippen molar-refractivity contribution in [2.75, 3.05) is 30.8 Å². The van der Waals surface area contributed by atoms with Crippen molar-refractivity contribution in [1.82, 2.24) is 10.3 Å². The highest BCUT2D eigenvalue weighted by Crippen LogP contribution is 2.27. The van der Waals surface area contributed by atoms with Crippen LogP contribution in [-0.2, 0) is 0 Å². The summed E-state index contributed by atoms with van der Waals surface area (Å²) in [5.74, 6) is 0.931. The molecule has 2 rings (SSSR count). The van der Waals surface area contributed by atoms with E-state index in [9.17, 15) is 0 Å². The largest absolute Gasteiger partial charge is 0.396 e. The number of piperidine rings is 1. The van der Waals surface area contributed by atoms with Crippen molar-refractivity contribution < 1.29 is 0 Å². The second-order valence-corrected chi connectivity index (χ2v) is 4.71. The fourth-order valence-electron chi connectivity index (χ4n) is 2.14. The SMILES string of the molecule is CNC1(C)CCN(c2ncccc2N)CC1. The molecular formula is C12H20N4. The molecule has 1 aromatic rings. The molecule has 0 aromatic carbocycles. The van der Waals surface area contributed by atoms with Crippen LogP contribution < -0.4 is 16.0 Å². The Balaban J connectivity index is 2.07. The molecule has 0 spiro atoms. The molecule has 0 radical (unpaired) electrons. The van der Waals surface area contributed by atoms with E-state index < -0.39 is 0 Å². The molecular weight excluding hydrogens is 200 g/mol. The van der Waals surface area contributed by atoms with Gasteiger partial charge in [0.05, 0.1) is 5.69 Å². The first-order chi connectivity index (χ1) is 7.64. The van der Waals surface area contributed by atoms with Crippen molar-refractivity contribution >= 4 is 11.5 Å². The van der Waals surface area contributed by atoms with Gasteiger partial charge in [-0.2, -0.15) is 0 Å². The fourth-order valence-corrected chi connectivity index (χ4v) is 2.14. The Morgan fingerprint density at radius 1 is 1.44 bits per heavy atom. The third-order valence-electron chi connectivity index (χ3n) is 3.59. The number of rotatable bonds is 2. The summed E-state index contributed by atoms with van der Waals surface area (Å²) in [6, 6.07) is 3.79. The van der Waals surface area contributed by atoms with Gasteiger partial charge in [-0.1, -0.05) is 0 Å². The van der Waals surface area contributed by atoms with Crippen molar-refractivity contribution in [3.05, 3.63) is 18.3 Å². The average Bonchev–Trinajstić information content (AvgIpc) is 2.31. The monoisotopic (exact) mass is 220 g/mol. The van der Waals surface area contributed by atoms with Gasteiger partial charge < -0.3 is 16.0 Å². The van der Waals surface area contributed by atoms with Gasteiger partial charge in [-0.05, 0) is 38.9 Å². The lowest BCUT2D eigenvalue weighted by Crippen LogP contribution is -2.50. The van der Waals surface area contributed by atoms with Crippen LogP contribution >= 0.6 is 0 Å². The molecule has 1 fully saturated rings. The molecule has 0 bridgehead atoms. The Kier molecular flexibility index (Phi) is 3.01. The van der Waals surface area contributed by atoms with Gasteiger partial charge in [0, 0.05) is 24.8 Å². The summed E-state index contributed by atoms with van der Waals surface area (Å²) in [5.41, 5.74) is 6.97. The van der Waals surface area contributed by atoms with Crippen molar-refractivity contribution in [3.63, 3.8) is 0 Å². The molecule has 0 aliphatic carbocycles. The Morgan fingerprint density at radius 3 is 2.69 bits per heavy atom. The lowest BCUT2D eigenvalue weighted by Gasteiger charge is -2.40. The van der Waals surface area contributed by atoms with Crippen LogP contribution in [0.25, 0.3) is 0 Å². The van der Waals surface area contributed by atoms with Crippen LogP contribution in [0.2, 0.25) is 0 Å². The van der Waals surface area contributed by atoms with Crippen molar-refractivity contribution in [2.24, 2.45) is 0 Å². The highest BCUT2D eigenvalue weighted by atomic mass is 15.2. The molecule has 16 heavy (non-hydrogen) atoms. The molecule has 1 aromatic heterocycles. The number of nitrogens with one attached hydrogen (secondary N) is 1. The van der Waals surface area contributed by atoms with E-state index in [4.69, 9.17) is 5.73 Å². The Hall–Kier alpha value is -1.29. The minimum atomic E-state index is 0.264. The van der Waals surface area contributed by atoms with Crippen LogP contribution in [0.1, 0.15) is 19.8 Å². The zero-order valence-electron chi connectivity index (χ0n) is 10.0. The lowest BCUT2D eigenvalue weighted by atomic mass is 9.90. The second kappa shape index (κ2) is 4.29. The van der Waals surface area contributed by atoms with Gasteiger partial charge in [0.15, 0.2) is 5.82 Å². The number of anilines is 2. The van der Waals surface area contributed by atoms with Gasteiger partial charge in [0.2, 0.25) is 0 Å². The second-order valence-electron chi connectivity index (χ2n) is 4.71. The third kappa shape index (κ3) is 2.11. The quantitative estimate of drug-likeness (QED) is 0.787. The molecule has 0 atom stereocenters. The molecule has 1 saturated heterocycles. The van der Waals surface area contributed by atoms with Crippen LogP contribution in [0.3, 0.4) is 0 Å². The van der Waals surface area contributed by atoms with Crippen LogP contribution in [0.5, 0.6) is 0 Å². The van der Waals surface area contributed by atoms with Gasteiger partial charge in [-0.3, -0.25) is 0 Å². The predicted molar refractivity (Wildman–Crippen MR) is 67.6 cm³/mol. The molecule has 1 aliphatic rings. The van der Waals surface area contributed by atoms with E-state index in [2.05, 4.69) is 22.1 Å². The van der Waals surface area contributed by atoms with E-state index >= 15 is 0 Å². The highest BCUT2D eigenvalue weighted by molar-refractivity contribution is 5.62. The molecule has 4 nitrogen and oxygen atoms in total. The van der Waals surface area contributed by atoms with Crippen molar-refractivity contribution in [2.45, 2.75) is 25.3 Å². The average molecular weight is 220 g/mol. The molecule has 0 unspecified atom stereocenters. The van der Waals surface area contributed by atoms with Crippen LogP contribution in [0.15, 0.2) is 18.3 Å². The smallest absolute Gasteiger partial charge is 0.151 e. The number of aromatic nitrogens is 1. The summed E-state index contributed by atoms with van der Waals surface area (Å²) in [6.45, 7) is 4.29. The highest BCUT2D eigenvalue weighted by Gasteiger charge is 2.29. The molecule has 3 N–H and O–H groups in total. The summed E-state index contributed by atoms with van der Waals surface area (Å²) in [6.07, 6.45) is 4.05. The maximum Gasteiger partial charge on any atom is 0.151 e. The summed E-state index contributed by atoms with van der Waals surface area (Å²) in [4.78, 5) is 6.63. The maximum absolute atomic E-state index is 5.93. The third-order valence-corrected chi connectivity index (χ3v) is 3.59. The predicted octanol–water partition coefficient (Wildman–Crippen LogP) is 1.24. The number of nitrogens with zero attached hydrogens (tertiary/aromatic N) is 2. The number of pyridine rings is 1. The van der Waals surface area contributed by atoms with Crippen LogP contribution in [0, 0.1) is 0 Å². The first kappa shape index (κ1) is 11.2. The Morgan fingerprint density at radius 2 is 2.12 bits per heavy atom. The summed E-state index contributed by atoms with van der Waals surface area (Å²) in [7, 11) is 2.03. The standard InChI is InChI=1S/C12H20N4/c1-12(14-2)5-8-16(9-6-12)11-10(13)4-3-7-15-11/h3-4,7,14H,5-6,8-9,13H2,1-2H3. The molecule has 1 aliphatic heterocycles. The van der Waals surface area contributed by atoms with Gasteiger partial charge >= 0.3 is 0 Å². The fraction of sp³-hybridized carbons (Fsp3) is 0.583. The summed E-state index contributed by atoms with van der Waals surface area (Å²) < 4.78 is 0. The number of hydrogen-bond donors (Lipinski definition) is 2. The molecule has 0 amide bonds. The summed E-state index contributed by atoms with van der Waals surface area (Å²) >= 11 is 0. The number of hydrogen-bond acceptors (Lipinski definition) is 4. The molecule has 0 saturated carbocycles. The van der Waals surface area contributed by atoms with Crippen LogP contribution in [0.4, 0.5) is 11.5 Å². The lowest BCUT2D eigenvalue weighted by molar-refractivity contribution is 0.304. The number of nitrogens with two attached hydrogens (primary N) is 1. The summed E-state index contributed by atoms with van der Waals surface area (Å²) in [5, 5.41) is 3.39. The van der Waals surface area contributed by atoms with Crippen molar-refractivity contribution in [3.8, 4) is 0 Å². The number of nitrogen functional groups attached to an aromatic ring is 1. The van der Waals surface area contributed by atoms with E-state index in [1.807, 2.05) is 19.2 Å². The van der Waals surface area contributed by atoms with E-state index in [0.717, 1.165) is 37.4 Å². The Bertz CT molecular complexity index is 356. The topological polar surface area (TPSA) is 54.2 Å². The normalized spacial score (nSPS) is 19.8. The van der Waals surface area contributed by atoms with Crippen molar-refractivity contribution in [1.29, 1.82) is 0 Å². The zero-order valence-corrected chi connectivity index (χ0v) is 10.0. The van der Waals surface area contributed by atoms with E-state index in [1.54, 1.807) is 6.20 Å². The molecule has 4 heteroatoms. The Labute approximate surface area is 96.8 Å². The van der Waals surface area contributed by atoms with Crippen LogP contribution in [-0.4, -0.2) is 30.7 Å². The minimum absolute atomic E-state index is 0.264. The first-order valence-corrected chi connectivity index (χ1v) is 5.79. The zero-order chi connectivity index (χ0) is 11.6. The van der Waals surface area contributed by atoms with E-state index in [-0.39, 0.29) is 5.54 Å². The first-order valence-electron chi connectivity index (χ1n) is 5.79. The van der Waals surface area contributed by atoms with Gasteiger partial charge in [-0.15, -0.1) is 0 Å². The molecule has 2 heterocycles. The molecule has 88 valence electrons. The minimum Gasteiger partial charge on any atom is -0.396 e. The maximum atomic E-state index is 5.93.